The van der Waals surface area contributed by atoms with Crippen molar-refractivity contribution in [1.29, 1.82) is 0 Å². The molecule has 0 bridgehead atoms. The van der Waals surface area contributed by atoms with Crippen LogP contribution >= 0.6 is 6.72 Å². The lowest BCUT2D eigenvalue weighted by atomic mass is 10.2. The van der Waals surface area contributed by atoms with Crippen molar-refractivity contribution in [1.82, 2.24) is 5.32 Å². The Balaban J connectivity index is 2.60. The summed E-state index contributed by atoms with van der Waals surface area (Å²) in [6.07, 6.45) is 2.29. The number of benzene rings is 1. The molecule has 0 spiro atoms. The molecule has 0 saturated carbocycles. The van der Waals surface area contributed by atoms with E-state index in [4.69, 9.17) is 25.4 Å². The number of oxime groups is 1. The van der Waals surface area contributed by atoms with Crippen LogP contribution in [0.15, 0.2) is 42.1 Å². The third-order valence-corrected chi connectivity index (χ3v) is 4.84. The Morgan fingerprint density at radius 1 is 1.29 bits per heavy atom. The first-order valence-corrected chi connectivity index (χ1v) is 9.86. The lowest BCUT2D eigenvalue weighted by Crippen LogP contribution is -2.22. The number of nitrogens with zero attached hydrogens (tertiary/aromatic N) is 1. The highest BCUT2D eigenvalue weighted by Crippen LogP contribution is 2.49. The van der Waals surface area contributed by atoms with E-state index in [2.05, 4.69) is 21.9 Å². The highest BCUT2D eigenvalue weighted by atomic mass is 32.5. The maximum absolute atomic E-state index is 11.2. The van der Waals surface area contributed by atoms with Crippen molar-refractivity contribution < 1.29 is 23.2 Å². The molecule has 0 aromatic heterocycles. The van der Waals surface area contributed by atoms with E-state index in [1.165, 1.54) is 12.3 Å². The Morgan fingerprint density at radius 2 is 1.92 bits per heavy atom. The second kappa shape index (κ2) is 10.9. The minimum atomic E-state index is -2.79. The molecule has 0 unspecified atom stereocenters. The van der Waals surface area contributed by atoms with Gasteiger partial charge in [0.2, 0.25) is 0 Å². The molecule has 132 valence electrons. The molecule has 1 aromatic carbocycles. The van der Waals surface area contributed by atoms with Gasteiger partial charge in [-0.2, -0.15) is 0 Å². The zero-order valence-corrected chi connectivity index (χ0v) is 15.3. The van der Waals surface area contributed by atoms with Crippen LogP contribution in [-0.2, 0) is 25.7 Å². The molecule has 0 saturated heterocycles. The van der Waals surface area contributed by atoms with Gasteiger partial charge in [-0.05, 0) is 43.7 Å². The Labute approximate surface area is 146 Å². The lowest BCUT2D eigenvalue weighted by molar-refractivity contribution is 0.152. The van der Waals surface area contributed by atoms with Gasteiger partial charge in [-0.25, -0.2) is 4.79 Å². The molecular formula is C15H21N2O5PS. The van der Waals surface area contributed by atoms with E-state index >= 15 is 0 Å². The van der Waals surface area contributed by atoms with Gasteiger partial charge in [-0.1, -0.05) is 11.2 Å². The number of carbonyl (C=O) groups is 1. The number of hydrogen-bond donors (Lipinski definition) is 1. The summed E-state index contributed by atoms with van der Waals surface area (Å²) in [6.45, 7) is 5.47. The number of rotatable bonds is 10. The van der Waals surface area contributed by atoms with E-state index in [-0.39, 0.29) is 0 Å². The number of hydrogen-bond acceptors (Lipinski definition) is 7. The summed E-state index contributed by atoms with van der Waals surface area (Å²) >= 11 is 5.30. The summed E-state index contributed by atoms with van der Waals surface area (Å²) < 4.78 is 16.5. The minimum Gasteiger partial charge on any atom is -0.424 e. The Kier molecular flexibility index (Phi) is 9.26. The van der Waals surface area contributed by atoms with Gasteiger partial charge in [0.15, 0.2) is 0 Å². The molecule has 0 aliphatic rings. The van der Waals surface area contributed by atoms with Gasteiger partial charge in [0, 0.05) is 18.4 Å². The van der Waals surface area contributed by atoms with Gasteiger partial charge in [0.25, 0.3) is 0 Å². The molecule has 1 aromatic rings. The lowest BCUT2D eigenvalue weighted by Gasteiger charge is -2.20. The standard InChI is InChI=1S/C15H21N2O5PS/c1-4-11-16-15(18)21-17-12-13-7-9-14(10-8-13)22-23(24,19-5-2)20-6-3/h4,7-10,12H,1,5-6,11H2,2-3H3,(H,16,18)/b17-12+. The summed E-state index contributed by atoms with van der Waals surface area (Å²) in [4.78, 5) is 15.8. The molecule has 1 amide bonds. The molecule has 24 heavy (non-hydrogen) atoms. The first-order chi connectivity index (χ1) is 11.5. The fraction of sp³-hybridized carbons (Fsp3) is 0.333. The van der Waals surface area contributed by atoms with Crippen LogP contribution < -0.4 is 9.84 Å². The maximum atomic E-state index is 11.2. The van der Waals surface area contributed by atoms with Crippen LogP contribution in [-0.4, -0.2) is 32.1 Å². The minimum absolute atomic E-state index is 0.311. The monoisotopic (exact) mass is 372 g/mol. The van der Waals surface area contributed by atoms with Crippen LogP contribution in [0, 0.1) is 0 Å². The highest BCUT2D eigenvalue weighted by molar-refractivity contribution is 8.07. The molecular weight excluding hydrogens is 351 g/mol. The summed E-state index contributed by atoms with van der Waals surface area (Å²) in [7, 11) is 0. The molecule has 9 heteroatoms. The van der Waals surface area contributed by atoms with Crippen LogP contribution in [0.4, 0.5) is 4.79 Å². The van der Waals surface area contributed by atoms with Gasteiger partial charge >= 0.3 is 12.8 Å². The van der Waals surface area contributed by atoms with E-state index in [1.807, 2.05) is 13.8 Å². The van der Waals surface area contributed by atoms with Crippen molar-refractivity contribution in [2.75, 3.05) is 19.8 Å². The maximum Gasteiger partial charge on any atom is 0.433 e. The topological polar surface area (TPSA) is 78.4 Å². The van der Waals surface area contributed by atoms with Crippen molar-refractivity contribution in [3.8, 4) is 5.75 Å². The molecule has 0 aliphatic heterocycles. The molecule has 0 aliphatic carbocycles. The predicted molar refractivity (Wildman–Crippen MR) is 96.9 cm³/mol. The van der Waals surface area contributed by atoms with Crippen molar-refractivity contribution >= 4 is 30.8 Å². The second-order valence-corrected chi connectivity index (χ2v) is 7.16. The number of carbonyl (C=O) groups excluding carboxylic acids is 1. The van der Waals surface area contributed by atoms with Gasteiger partial charge in [0.1, 0.15) is 5.75 Å². The van der Waals surface area contributed by atoms with Crippen LogP contribution in [0.2, 0.25) is 0 Å². The van der Waals surface area contributed by atoms with Gasteiger partial charge in [-0.15, -0.1) is 6.58 Å². The average Bonchev–Trinajstić information content (AvgIpc) is 2.55. The van der Waals surface area contributed by atoms with Gasteiger partial charge < -0.3 is 9.84 Å². The first-order valence-electron chi connectivity index (χ1n) is 7.31. The zero-order chi connectivity index (χ0) is 17.8. The Bertz CT molecular complexity index is 596. The van der Waals surface area contributed by atoms with Crippen LogP contribution in [0.25, 0.3) is 0 Å². The molecule has 0 atom stereocenters. The average molecular weight is 372 g/mol. The third-order valence-electron chi connectivity index (χ3n) is 2.40. The Hall–Kier alpha value is -1.73. The smallest absolute Gasteiger partial charge is 0.424 e. The summed E-state index contributed by atoms with van der Waals surface area (Å²) in [5, 5.41) is 6.01. The normalized spacial score (nSPS) is 11.2. The van der Waals surface area contributed by atoms with Crippen LogP contribution in [0.1, 0.15) is 19.4 Å². The zero-order valence-electron chi connectivity index (χ0n) is 13.6. The SMILES string of the molecule is C=CCNC(=O)O/N=C/c1ccc(OP(=S)(OCC)OCC)cc1. The largest absolute Gasteiger partial charge is 0.433 e. The predicted octanol–water partition coefficient (Wildman–Crippen LogP) is 3.61. The summed E-state index contributed by atoms with van der Waals surface area (Å²) in [5.74, 6) is 0.530. The summed E-state index contributed by atoms with van der Waals surface area (Å²) in [5.41, 5.74) is 0.722. The van der Waals surface area contributed by atoms with Crippen LogP contribution in [0.3, 0.4) is 0 Å². The number of nitrogens with one attached hydrogen (secondary N) is 1. The van der Waals surface area contributed by atoms with Crippen LogP contribution in [0.5, 0.6) is 5.75 Å². The molecule has 1 rings (SSSR count). The molecule has 7 nitrogen and oxygen atoms in total. The first kappa shape index (κ1) is 20.3. The van der Waals surface area contributed by atoms with E-state index < -0.39 is 12.8 Å². The molecule has 1 N–H and O–H groups in total. The number of amides is 1. The van der Waals surface area contributed by atoms with Gasteiger partial charge in [-0.3, -0.25) is 13.9 Å². The fourth-order valence-corrected chi connectivity index (χ4v) is 3.56. The van der Waals surface area contributed by atoms with Crippen molar-refractivity contribution in [2.24, 2.45) is 5.16 Å². The molecule has 0 radical (unpaired) electrons. The van der Waals surface area contributed by atoms with E-state index in [0.717, 1.165) is 5.56 Å². The van der Waals surface area contributed by atoms with Gasteiger partial charge in [0.05, 0.1) is 19.4 Å². The molecule has 0 heterocycles. The van der Waals surface area contributed by atoms with E-state index in [1.54, 1.807) is 24.3 Å². The van der Waals surface area contributed by atoms with Crippen molar-refractivity contribution in [2.45, 2.75) is 13.8 Å². The summed E-state index contributed by atoms with van der Waals surface area (Å²) in [6, 6.07) is 6.89. The van der Waals surface area contributed by atoms with E-state index in [9.17, 15) is 4.79 Å². The highest BCUT2D eigenvalue weighted by Gasteiger charge is 2.20. The quantitative estimate of drug-likeness (QED) is 0.222. The fourth-order valence-electron chi connectivity index (χ4n) is 1.47. The van der Waals surface area contributed by atoms with Crippen molar-refractivity contribution in [3.63, 3.8) is 0 Å². The third kappa shape index (κ3) is 7.70. The Morgan fingerprint density at radius 3 is 2.46 bits per heavy atom. The van der Waals surface area contributed by atoms with E-state index in [0.29, 0.717) is 25.5 Å². The molecule has 0 fully saturated rings. The second-order valence-electron chi connectivity index (χ2n) is 4.23. The van der Waals surface area contributed by atoms with Crippen molar-refractivity contribution in [3.05, 3.63) is 42.5 Å².